The molecule has 0 spiro atoms. The van der Waals surface area contributed by atoms with Crippen molar-refractivity contribution in [2.24, 2.45) is 5.92 Å². The first kappa shape index (κ1) is 11.7. The lowest BCUT2D eigenvalue weighted by Crippen LogP contribution is -2.27. The minimum Gasteiger partial charge on any atom is -0.383 e. The molecule has 1 aromatic rings. The van der Waals surface area contributed by atoms with Gasteiger partial charge in [-0.05, 0) is 37.0 Å². The lowest BCUT2D eigenvalue weighted by molar-refractivity contribution is 0.179. The molecule has 0 heterocycles. The molecule has 1 aliphatic carbocycles. The van der Waals surface area contributed by atoms with Gasteiger partial charge in [0.05, 0.1) is 23.4 Å². The van der Waals surface area contributed by atoms with E-state index in [0.717, 1.165) is 0 Å². The molecule has 88 valence electrons. The van der Waals surface area contributed by atoms with E-state index in [1.54, 1.807) is 13.2 Å². The summed E-state index contributed by atoms with van der Waals surface area (Å²) < 4.78 is 18.2. The number of hydrogen-bond acceptors (Lipinski definition) is 2. The number of anilines is 1. The van der Waals surface area contributed by atoms with Crippen LogP contribution in [-0.2, 0) is 4.74 Å². The summed E-state index contributed by atoms with van der Waals surface area (Å²) in [7, 11) is 1.67. The van der Waals surface area contributed by atoms with Crippen molar-refractivity contribution in [1.82, 2.24) is 0 Å². The topological polar surface area (TPSA) is 21.3 Å². The second-order valence-electron chi connectivity index (χ2n) is 4.17. The molecular formula is C12H15ClFNO. The Bertz CT molecular complexity index is 368. The zero-order chi connectivity index (χ0) is 11.5. The van der Waals surface area contributed by atoms with Gasteiger partial charge in [-0.2, -0.15) is 0 Å². The van der Waals surface area contributed by atoms with Gasteiger partial charge in [0.1, 0.15) is 5.82 Å². The second kappa shape index (κ2) is 5.02. The summed E-state index contributed by atoms with van der Waals surface area (Å²) >= 11 is 6.00. The van der Waals surface area contributed by atoms with Crippen molar-refractivity contribution in [2.45, 2.75) is 18.9 Å². The fraction of sp³-hybridized carbons (Fsp3) is 0.500. The summed E-state index contributed by atoms with van der Waals surface area (Å²) in [5.41, 5.74) is 0.649. The molecule has 2 nitrogen and oxygen atoms in total. The fourth-order valence-electron chi connectivity index (χ4n) is 1.78. The van der Waals surface area contributed by atoms with Crippen LogP contribution in [0.25, 0.3) is 0 Å². The van der Waals surface area contributed by atoms with Gasteiger partial charge in [0.15, 0.2) is 0 Å². The van der Waals surface area contributed by atoms with Gasteiger partial charge in [0, 0.05) is 7.11 Å². The van der Waals surface area contributed by atoms with Gasteiger partial charge in [0.2, 0.25) is 0 Å². The molecule has 0 amide bonds. The molecule has 1 atom stereocenters. The molecule has 0 saturated heterocycles. The van der Waals surface area contributed by atoms with Crippen LogP contribution >= 0.6 is 11.6 Å². The normalized spacial score (nSPS) is 17.2. The first-order chi connectivity index (χ1) is 7.70. The average Bonchev–Trinajstić information content (AvgIpc) is 3.06. The first-order valence-electron chi connectivity index (χ1n) is 5.41. The second-order valence-corrected chi connectivity index (χ2v) is 4.57. The Morgan fingerprint density at radius 2 is 2.31 bits per heavy atom. The molecule has 1 aliphatic rings. The zero-order valence-corrected chi connectivity index (χ0v) is 9.93. The predicted octanol–water partition coefficient (Wildman–Crippen LogP) is 3.32. The Hall–Kier alpha value is -0.800. The molecule has 0 bridgehead atoms. The molecule has 1 saturated carbocycles. The Labute approximate surface area is 99.7 Å². The average molecular weight is 244 g/mol. The van der Waals surface area contributed by atoms with Crippen molar-refractivity contribution in [3.05, 3.63) is 29.0 Å². The Balaban J connectivity index is 2.08. The van der Waals surface area contributed by atoms with Gasteiger partial charge in [-0.25, -0.2) is 4.39 Å². The quantitative estimate of drug-likeness (QED) is 0.857. The van der Waals surface area contributed by atoms with Crippen LogP contribution in [0.1, 0.15) is 12.8 Å². The van der Waals surface area contributed by atoms with Gasteiger partial charge in [-0.1, -0.05) is 11.6 Å². The Morgan fingerprint density at radius 3 is 2.94 bits per heavy atom. The number of ether oxygens (including phenoxy) is 1. The van der Waals surface area contributed by atoms with Crippen LogP contribution in [0.3, 0.4) is 0 Å². The lowest BCUT2D eigenvalue weighted by atomic mass is 10.2. The zero-order valence-electron chi connectivity index (χ0n) is 9.17. The summed E-state index contributed by atoms with van der Waals surface area (Å²) in [5.74, 6) is 0.346. The number of hydrogen-bond donors (Lipinski definition) is 1. The SMILES string of the molecule is COCC(Nc1cc(F)ccc1Cl)C1CC1. The maximum atomic E-state index is 13.1. The molecule has 0 radical (unpaired) electrons. The fourth-order valence-corrected chi connectivity index (χ4v) is 1.95. The molecule has 1 fully saturated rings. The third-order valence-corrected chi connectivity index (χ3v) is 3.14. The van der Waals surface area contributed by atoms with Crippen LogP contribution in [0.5, 0.6) is 0 Å². The van der Waals surface area contributed by atoms with Crippen LogP contribution in [0.4, 0.5) is 10.1 Å². The van der Waals surface area contributed by atoms with Crippen LogP contribution in [0.2, 0.25) is 5.02 Å². The molecule has 1 unspecified atom stereocenters. The van der Waals surface area contributed by atoms with E-state index in [4.69, 9.17) is 16.3 Å². The standard InChI is InChI=1S/C12H15ClFNO/c1-16-7-12(8-2-3-8)15-11-6-9(14)4-5-10(11)13/h4-6,8,12,15H,2-3,7H2,1H3. The molecule has 0 aliphatic heterocycles. The highest BCUT2D eigenvalue weighted by Gasteiger charge is 2.31. The van der Waals surface area contributed by atoms with Gasteiger partial charge >= 0.3 is 0 Å². The highest BCUT2D eigenvalue weighted by atomic mass is 35.5. The van der Waals surface area contributed by atoms with E-state index in [2.05, 4.69) is 5.32 Å². The molecule has 4 heteroatoms. The van der Waals surface area contributed by atoms with Crippen molar-refractivity contribution in [2.75, 3.05) is 19.0 Å². The van der Waals surface area contributed by atoms with E-state index in [-0.39, 0.29) is 11.9 Å². The largest absolute Gasteiger partial charge is 0.383 e. The number of nitrogens with one attached hydrogen (secondary N) is 1. The van der Waals surface area contributed by atoms with E-state index in [9.17, 15) is 4.39 Å². The van der Waals surface area contributed by atoms with Crippen LogP contribution < -0.4 is 5.32 Å². The third kappa shape index (κ3) is 2.86. The minimum atomic E-state index is -0.279. The van der Waals surface area contributed by atoms with Crippen LogP contribution in [-0.4, -0.2) is 19.8 Å². The van der Waals surface area contributed by atoms with E-state index in [1.165, 1.54) is 25.0 Å². The Kier molecular flexibility index (Phi) is 3.66. The molecule has 2 rings (SSSR count). The number of rotatable bonds is 5. The third-order valence-electron chi connectivity index (χ3n) is 2.81. The van der Waals surface area contributed by atoms with Crippen molar-refractivity contribution in [1.29, 1.82) is 0 Å². The number of methoxy groups -OCH3 is 1. The molecule has 16 heavy (non-hydrogen) atoms. The maximum absolute atomic E-state index is 13.1. The summed E-state index contributed by atoms with van der Waals surface area (Å²) in [6, 6.07) is 4.57. The molecular weight excluding hydrogens is 229 g/mol. The Morgan fingerprint density at radius 1 is 1.56 bits per heavy atom. The van der Waals surface area contributed by atoms with E-state index in [0.29, 0.717) is 23.2 Å². The van der Waals surface area contributed by atoms with Crippen molar-refractivity contribution in [3.8, 4) is 0 Å². The smallest absolute Gasteiger partial charge is 0.125 e. The predicted molar refractivity (Wildman–Crippen MR) is 63.4 cm³/mol. The molecule has 0 aromatic heterocycles. The summed E-state index contributed by atoms with van der Waals surface area (Å²) in [4.78, 5) is 0. The van der Waals surface area contributed by atoms with E-state index in [1.807, 2.05) is 0 Å². The van der Waals surface area contributed by atoms with Crippen molar-refractivity contribution >= 4 is 17.3 Å². The van der Waals surface area contributed by atoms with Gasteiger partial charge in [0.25, 0.3) is 0 Å². The van der Waals surface area contributed by atoms with E-state index < -0.39 is 0 Å². The highest BCUT2D eigenvalue weighted by molar-refractivity contribution is 6.33. The van der Waals surface area contributed by atoms with Crippen molar-refractivity contribution in [3.63, 3.8) is 0 Å². The van der Waals surface area contributed by atoms with Crippen LogP contribution in [0, 0.1) is 11.7 Å². The number of halogens is 2. The van der Waals surface area contributed by atoms with Crippen LogP contribution in [0.15, 0.2) is 18.2 Å². The van der Waals surface area contributed by atoms with Gasteiger partial charge < -0.3 is 10.1 Å². The summed E-state index contributed by atoms with van der Waals surface area (Å²) in [6.45, 7) is 0.623. The maximum Gasteiger partial charge on any atom is 0.125 e. The van der Waals surface area contributed by atoms with Gasteiger partial charge in [-0.15, -0.1) is 0 Å². The number of benzene rings is 1. The minimum absolute atomic E-state index is 0.226. The van der Waals surface area contributed by atoms with Crippen molar-refractivity contribution < 1.29 is 9.13 Å². The highest BCUT2D eigenvalue weighted by Crippen LogP contribution is 2.35. The summed E-state index contributed by atoms with van der Waals surface area (Å²) in [5, 5.41) is 3.80. The first-order valence-corrected chi connectivity index (χ1v) is 5.79. The van der Waals surface area contributed by atoms with E-state index >= 15 is 0 Å². The summed E-state index contributed by atoms with van der Waals surface area (Å²) in [6.07, 6.45) is 2.40. The molecule has 1 aromatic carbocycles. The van der Waals surface area contributed by atoms with Gasteiger partial charge in [-0.3, -0.25) is 0 Å². The monoisotopic (exact) mass is 243 g/mol. The lowest BCUT2D eigenvalue weighted by Gasteiger charge is -2.19. The molecule has 1 N–H and O–H groups in total.